The predicted molar refractivity (Wildman–Crippen MR) is 92.6 cm³/mol. The molecule has 5 nitrogen and oxygen atoms in total. The van der Waals surface area contributed by atoms with E-state index in [0.717, 1.165) is 4.47 Å². The van der Waals surface area contributed by atoms with Gasteiger partial charge in [0.05, 0.1) is 18.7 Å². The van der Waals surface area contributed by atoms with Crippen molar-refractivity contribution >= 4 is 33.4 Å². The third-order valence-corrected chi connectivity index (χ3v) is 4.37. The minimum absolute atomic E-state index is 0.0202. The molecule has 0 spiro atoms. The van der Waals surface area contributed by atoms with E-state index >= 15 is 0 Å². The molecule has 0 unspecified atom stereocenters. The molecular formula is C18H14BrNO4. The highest BCUT2D eigenvalue weighted by atomic mass is 79.9. The van der Waals surface area contributed by atoms with Crippen LogP contribution in [0.4, 0.5) is 0 Å². The molecule has 0 aromatic heterocycles. The summed E-state index contributed by atoms with van der Waals surface area (Å²) >= 11 is 3.32. The summed E-state index contributed by atoms with van der Waals surface area (Å²) in [6, 6.07) is 13.1. The number of aliphatic hydroxyl groups excluding tert-OH is 1. The van der Waals surface area contributed by atoms with Crippen molar-refractivity contribution in [2.45, 2.75) is 6.04 Å². The Labute approximate surface area is 147 Å². The molecule has 2 aromatic carbocycles. The quantitative estimate of drug-likeness (QED) is 0.481. The second-order valence-corrected chi connectivity index (χ2v) is 6.16. The normalized spacial score (nSPS) is 19.2. The van der Waals surface area contributed by atoms with E-state index in [-0.39, 0.29) is 11.3 Å². The van der Waals surface area contributed by atoms with E-state index in [1.807, 2.05) is 0 Å². The molecule has 6 heteroatoms. The molecule has 1 amide bonds. The summed E-state index contributed by atoms with van der Waals surface area (Å²) in [5.74, 6) is -1.18. The van der Waals surface area contributed by atoms with Crippen molar-refractivity contribution in [1.29, 1.82) is 0 Å². The number of amides is 1. The Morgan fingerprint density at radius 3 is 2.46 bits per heavy atom. The molecule has 2 aromatic rings. The highest BCUT2D eigenvalue weighted by Gasteiger charge is 2.40. The number of halogens is 1. The zero-order valence-corrected chi connectivity index (χ0v) is 14.3. The number of carbonyl (C=O) groups excluding carboxylic acids is 2. The first kappa shape index (κ1) is 16.3. The summed E-state index contributed by atoms with van der Waals surface area (Å²) in [6.45, 7) is 0. The molecule has 0 saturated carbocycles. The summed E-state index contributed by atoms with van der Waals surface area (Å²) in [6.07, 6.45) is 0. The summed E-state index contributed by atoms with van der Waals surface area (Å²) < 4.78 is 6.15. The van der Waals surface area contributed by atoms with E-state index in [1.54, 1.807) is 48.5 Å². The average molecular weight is 388 g/mol. The largest absolute Gasteiger partial charge is 0.507 e. The van der Waals surface area contributed by atoms with E-state index in [1.165, 1.54) is 7.11 Å². The number of hydrogen-bond acceptors (Lipinski definition) is 4. The van der Waals surface area contributed by atoms with Crippen molar-refractivity contribution < 1.29 is 19.4 Å². The first-order chi connectivity index (χ1) is 11.5. The van der Waals surface area contributed by atoms with Crippen LogP contribution in [0, 0.1) is 0 Å². The molecule has 1 fully saturated rings. The van der Waals surface area contributed by atoms with E-state index in [9.17, 15) is 14.7 Å². The lowest BCUT2D eigenvalue weighted by atomic mass is 9.95. The van der Waals surface area contributed by atoms with Crippen LogP contribution in [-0.4, -0.2) is 23.9 Å². The standard InChI is InChI=1S/C18H14BrNO4/c1-24-13-5-3-2-4-12(13)15-14(17(22)18(23)20-15)16(21)10-6-8-11(19)9-7-10/h2-9,15,21H,1H3,(H,20,23)/b16-14+/t15-/m1/s1. The Bertz CT molecular complexity index is 842. The van der Waals surface area contributed by atoms with Gasteiger partial charge in [-0.3, -0.25) is 9.59 Å². The summed E-state index contributed by atoms with van der Waals surface area (Å²) in [5.41, 5.74) is 1.09. The molecule has 1 aliphatic rings. The molecule has 1 heterocycles. The number of ketones is 1. The molecular weight excluding hydrogens is 374 g/mol. The fourth-order valence-corrected chi connectivity index (χ4v) is 2.93. The lowest BCUT2D eigenvalue weighted by Crippen LogP contribution is -2.21. The van der Waals surface area contributed by atoms with Gasteiger partial charge in [-0.1, -0.05) is 46.3 Å². The maximum atomic E-state index is 12.3. The fourth-order valence-electron chi connectivity index (χ4n) is 2.67. The minimum Gasteiger partial charge on any atom is -0.507 e. The lowest BCUT2D eigenvalue weighted by Gasteiger charge is -2.16. The number of nitrogens with one attached hydrogen (secondary N) is 1. The van der Waals surface area contributed by atoms with Gasteiger partial charge in [-0.15, -0.1) is 0 Å². The number of Topliss-reactive ketones (excluding diaryl/α,β-unsaturated/α-hetero) is 1. The van der Waals surface area contributed by atoms with Crippen LogP contribution in [-0.2, 0) is 9.59 Å². The van der Waals surface area contributed by atoms with Crippen molar-refractivity contribution in [3.8, 4) is 5.75 Å². The Kier molecular flexibility index (Phi) is 4.40. The zero-order chi connectivity index (χ0) is 17.3. The first-order valence-corrected chi connectivity index (χ1v) is 7.99. The van der Waals surface area contributed by atoms with Gasteiger partial charge in [0.15, 0.2) is 0 Å². The number of rotatable bonds is 3. The molecule has 1 atom stereocenters. The molecule has 0 aliphatic carbocycles. The molecule has 0 bridgehead atoms. The van der Waals surface area contributed by atoms with E-state index in [4.69, 9.17) is 4.74 Å². The monoisotopic (exact) mass is 387 g/mol. The maximum Gasteiger partial charge on any atom is 0.293 e. The van der Waals surface area contributed by atoms with Gasteiger partial charge in [0.2, 0.25) is 0 Å². The van der Waals surface area contributed by atoms with Gasteiger partial charge in [-0.05, 0) is 18.2 Å². The van der Waals surface area contributed by atoms with Crippen LogP contribution in [0.3, 0.4) is 0 Å². The zero-order valence-electron chi connectivity index (χ0n) is 12.7. The van der Waals surface area contributed by atoms with Gasteiger partial charge in [0, 0.05) is 15.6 Å². The average Bonchev–Trinajstić information content (AvgIpc) is 2.90. The summed E-state index contributed by atoms with van der Waals surface area (Å²) in [7, 11) is 1.51. The van der Waals surface area contributed by atoms with Crippen molar-refractivity contribution in [3.63, 3.8) is 0 Å². The van der Waals surface area contributed by atoms with Gasteiger partial charge >= 0.3 is 0 Å². The summed E-state index contributed by atoms with van der Waals surface area (Å²) in [5, 5.41) is 13.2. The van der Waals surface area contributed by atoms with Crippen molar-refractivity contribution in [2.24, 2.45) is 0 Å². The van der Waals surface area contributed by atoms with E-state index in [0.29, 0.717) is 16.9 Å². The molecule has 1 aliphatic heterocycles. The second-order valence-electron chi connectivity index (χ2n) is 5.25. The number of hydrogen-bond donors (Lipinski definition) is 2. The Morgan fingerprint density at radius 2 is 1.79 bits per heavy atom. The van der Waals surface area contributed by atoms with Crippen LogP contribution < -0.4 is 10.1 Å². The van der Waals surface area contributed by atoms with Crippen LogP contribution in [0.25, 0.3) is 5.76 Å². The van der Waals surface area contributed by atoms with Gasteiger partial charge in [0.1, 0.15) is 11.5 Å². The fraction of sp³-hybridized carbons (Fsp3) is 0.111. The van der Waals surface area contributed by atoms with Crippen LogP contribution in [0.15, 0.2) is 58.6 Å². The highest BCUT2D eigenvalue weighted by Crippen LogP contribution is 2.36. The number of methoxy groups -OCH3 is 1. The number of aliphatic hydroxyl groups is 1. The predicted octanol–water partition coefficient (Wildman–Crippen LogP) is 3.17. The van der Waals surface area contributed by atoms with Gasteiger partial charge < -0.3 is 15.2 Å². The third-order valence-electron chi connectivity index (χ3n) is 3.84. The Hall–Kier alpha value is -2.60. The lowest BCUT2D eigenvalue weighted by molar-refractivity contribution is -0.133. The Morgan fingerprint density at radius 1 is 1.12 bits per heavy atom. The topological polar surface area (TPSA) is 75.6 Å². The van der Waals surface area contributed by atoms with Crippen molar-refractivity contribution in [1.82, 2.24) is 5.32 Å². The molecule has 1 saturated heterocycles. The van der Waals surface area contributed by atoms with Crippen molar-refractivity contribution in [3.05, 3.63) is 69.7 Å². The highest BCUT2D eigenvalue weighted by molar-refractivity contribution is 9.10. The van der Waals surface area contributed by atoms with Gasteiger partial charge in [-0.2, -0.15) is 0 Å². The Balaban J connectivity index is 2.15. The number of ether oxygens (including phenoxy) is 1. The smallest absolute Gasteiger partial charge is 0.293 e. The first-order valence-electron chi connectivity index (χ1n) is 7.20. The molecule has 122 valence electrons. The minimum atomic E-state index is -0.759. The number of benzene rings is 2. The van der Waals surface area contributed by atoms with Crippen LogP contribution in [0.2, 0.25) is 0 Å². The van der Waals surface area contributed by atoms with Gasteiger partial charge in [0.25, 0.3) is 11.7 Å². The van der Waals surface area contributed by atoms with E-state index < -0.39 is 17.7 Å². The molecule has 2 N–H and O–H groups in total. The SMILES string of the molecule is COc1ccccc1[C@H]1NC(=O)C(=O)/C1=C(/O)c1ccc(Br)cc1. The third kappa shape index (κ3) is 2.80. The van der Waals surface area contributed by atoms with Crippen LogP contribution >= 0.6 is 15.9 Å². The number of para-hydroxylation sites is 1. The van der Waals surface area contributed by atoms with Gasteiger partial charge in [-0.25, -0.2) is 0 Å². The maximum absolute atomic E-state index is 12.3. The number of carbonyl (C=O) groups is 2. The molecule has 3 rings (SSSR count). The summed E-state index contributed by atoms with van der Waals surface area (Å²) in [4.78, 5) is 24.2. The molecule has 0 radical (unpaired) electrons. The van der Waals surface area contributed by atoms with E-state index in [2.05, 4.69) is 21.2 Å². The van der Waals surface area contributed by atoms with Crippen LogP contribution in [0.1, 0.15) is 17.2 Å². The van der Waals surface area contributed by atoms with Crippen molar-refractivity contribution in [2.75, 3.05) is 7.11 Å². The second kappa shape index (κ2) is 6.49. The van der Waals surface area contributed by atoms with Crippen LogP contribution in [0.5, 0.6) is 5.75 Å². The molecule has 24 heavy (non-hydrogen) atoms.